The summed E-state index contributed by atoms with van der Waals surface area (Å²) in [6, 6.07) is 10.7. The van der Waals surface area contributed by atoms with Crippen LogP contribution >= 0.6 is 0 Å². The van der Waals surface area contributed by atoms with Gasteiger partial charge in [0.2, 0.25) is 5.95 Å². The van der Waals surface area contributed by atoms with Gasteiger partial charge in [-0.05, 0) is 18.4 Å². The maximum Gasteiger partial charge on any atom is 0.247 e. The lowest BCUT2D eigenvalue weighted by Gasteiger charge is -2.34. The summed E-state index contributed by atoms with van der Waals surface area (Å²) in [4.78, 5) is 11.8. The zero-order valence-electron chi connectivity index (χ0n) is 14.0. The molecular weight excluding hydrogens is 300 g/mol. The van der Waals surface area contributed by atoms with Crippen molar-refractivity contribution >= 4 is 11.8 Å². The van der Waals surface area contributed by atoms with E-state index >= 15 is 0 Å². The first kappa shape index (κ1) is 15.3. The van der Waals surface area contributed by atoms with Crippen LogP contribution in [0, 0.1) is 0 Å². The molecule has 6 heteroatoms. The first-order valence-electron chi connectivity index (χ1n) is 8.84. The van der Waals surface area contributed by atoms with Gasteiger partial charge >= 0.3 is 0 Å². The Morgan fingerprint density at radius 2 is 1.58 bits per heavy atom. The van der Waals surface area contributed by atoms with Crippen molar-refractivity contribution in [2.75, 3.05) is 49.1 Å². The van der Waals surface area contributed by atoms with E-state index in [2.05, 4.69) is 55.2 Å². The van der Waals surface area contributed by atoms with Crippen LogP contribution in [0.2, 0.25) is 0 Å². The second kappa shape index (κ2) is 7.13. The molecule has 0 unspecified atom stereocenters. The molecule has 0 radical (unpaired) electrons. The molecule has 6 nitrogen and oxygen atoms in total. The Kier molecular flexibility index (Phi) is 4.55. The topological polar surface area (TPSA) is 48.4 Å². The molecule has 0 aliphatic carbocycles. The van der Waals surface area contributed by atoms with E-state index in [4.69, 9.17) is 4.98 Å². The maximum atomic E-state index is 4.75. The van der Waals surface area contributed by atoms with Crippen molar-refractivity contribution in [3.8, 4) is 0 Å². The fraction of sp³-hybridized carbons (Fsp3) is 0.500. The molecule has 0 amide bonds. The van der Waals surface area contributed by atoms with Gasteiger partial charge in [0, 0.05) is 45.8 Å². The molecule has 2 fully saturated rings. The summed E-state index contributed by atoms with van der Waals surface area (Å²) in [6.07, 6.45) is 4.29. The van der Waals surface area contributed by atoms with Crippen molar-refractivity contribution in [1.82, 2.24) is 20.1 Å². The summed E-state index contributed by atoms with van der Waals surface area (Å²) < 4.78 is 0. The summed E-state index contributed by atoms with van der Waals surface area (Å²) in [7, 11) is 0. The lowest BCUT2D eigenvalue weighted by atomic mass is 10.2. The normalized spacial score (nSPS) is 19.0. The van der Waals surface area contributed by atoms with Crippen LogP contribution in [0.3, 0.4) is 0 Å². The molecule has 1 aromatic carbocycles. The van der Waals surface area contributed by atoms with Crippen molar-refractivity contribution in [2.45, 2.75) is 19.4 Å². The molecule has 0 N–H and O–H groups in total. The Labute approximate surface area is 143 Å². The lowest BCUT2D eigenvalue weighted by molar-refractivity contribution is 0.248. The second-order valence-electron chi connectivity index (χ2n) is 6.56. The maximum absolute atomic E-state index is 4.75. The Morgan fingerprint density at radius 3 is 2.33 bits per heavy atom. The largest absolute Gasteiger partial charge is 0.355 e. The van der Waals surface area contributed by atoms with Gasteiger partial charge in [0.05, 0.1) is 6.20 Å². The fourth-order valence-corrected chi connectivity index (χ4v) is 3.47. The summed E-state index contributed by atoms with van der Waals surface area (Å²) in [6.45, 7) is 7.17. The zero-order valence-corrected chi connectivity index (χ0v) is 14.0. The average molecular weight is 324 g/mol. The predicted molar refractivity (Wildman–Crippen MR) is 95.2 cm³/mol. The van der Waals surface area contributed by atoms with Gasteiger partial charge in [0.15, 0.2) is 5.82 Å². The van der Waals surface area contributed by atoms with Gasteiger partial charge in [0.1, 0.15) is 0 Å². The number of piperazine rings is 1. The van der Waals surface area contributed by atoms with Crippen LogP contribution < -0.4 is 9.80 Å². The van der Waals surface area contributed by atoms with Crippen LogP contribution in [0.25, 0.3) is 0 Å². The van der Waals surface area contributed by atoms with Gasteiger partial charge in [-0.3, -0.25) is 4.90 Å². The van der Waals surface area contributed by atoms with E-state index in [9.17, 15) is 0 Å². The molecule has 0 bridgehead atoms. The monoisotopic (exact) mass is 324 g/mol. The van der Waals surface area contributed by atoms with Crippen LogP contribution in [-0.4, -0.2) is 59.3 Å². The van der Waals surface area contributed by atoms with Crippen molar-refractivity contribution in [3.63, 3.8) is 0 Å². The van der Waals surface area contributed by atoms with E-state index in [0.717, 1.165) is 57.6 Å². The Morgan fingerprint density at radius 1 is 0.833 bits per heavy atom. The minimum atomic E-state index is 0.777. The highest BCUT2D eigenvalue weighted by molar-refractivity contribution is 5.42. The molecule has 4 rings (SSSR count). The van der Waals surface area contributed by atoms with Crippen LogP contribution in [0.4, 0.5) is 11.8 Å². The van der Waals surface area contributed by atoms with E-state index in [1.54, 1.807) is 6.20 Å². The number of hydrogen-bond donors (Lipinski definition) is 0. The molecule has 126 valence electrons. The molecule has 24 heavy (non-hydrogen) atoms. The standard InChI is InChI=1S/C18H24N6/c1-2-6-16(7-3-1)15-22-10-12-24(13-11-22)18-20-17(14-19-21-18)23-8-4-5-9-23/h1-3,6-7,14H,4-5,8-13,15H2. The van der Waals surface area contributed by atoms with E-state index in [1.165, 1.54) is 18.4 Å². The van der Waals surface area contributed by atoms with E-state index in [1.807, 2.05) is 0 Å². The Hall–Kier alpha value is -2.21. The summed E-state index contributed by atoms with van der Waals surface area (Å²) in [5, 5.41) is 8.44. The molecule has 2 saturated heterocycles. The number of benzene rings is 1. The zero-order chi connectivity index (χ0) is 16.2. The molecule has 3 heterocycles. The molecule has 0 saturated carbocycles. The molecular formula is C18H24N6. The molecule has 2 aromatic rings. The van der Waals surface area contributed by atoms with Gasteiger partial charge in [-0.25, -0.2) is 0 Å². The number of rotatable bonds is 4. The van der Waals surface area contributed by atoms with Crippen LogP contribution in [0.5, 0.6) is 0 Å². The first-order chi connectivity index (χ1) is 11.9. The van der Waals surface area contributed by atoms with Crippen molar-refractivity contribution < 1.29 is 0 Å². The number of aromatic nitrogens is 3. The third-order valence-corrected chi connectivity index (χ3v) is 4.87. The molecule has 1 aromatic heterocycles. The quantitative estimate of drug-likeness (QED) is 0.855. The minimum Gasteiger partial charge on any atom is -0.355 e. The molecule has 2 aliphatic heterocycles. The lowest BCUT2D eigenvalue weighted by Crippen LogP contribution is -2.46. The van der Waals surface area contributed by atoms with E-state index in [0.29, 0.717) is 0 Å². The number of anilines is 2. The van der Waals surface area contributed by atoms with Crippen LogP contribution in [0.1, 0.15) is 18.4 Å². The third kappa shape index (κ3) is 3.48. The van der Waals surface area contributed by atoms with Gasteiger partial charge in [0.25, 0.3) is 0 Å². The smallest absolute Gasteiger partial charge is 0.247 e. The molecule has 2 aliphatic rings. The first-order valence-corrected chi connectivity index (χ1v) is 8.84. The fourth-order valence-electron chi connectivity index (χ4n) is 3.47. The highest BCUT2D eigenvalue weighted by atomic mass is 15.4. The van der Waals surface area contributed by atoms with Crippen molar-refractivity contribution in [1.29, 1.82) is 0 Å². The second-order valence-corrected chi connectivity index (χ2v) is 6.56. The van der Waals surface area contributed by atoms with Crippen molar-refractivity contribution in [3.05, 3.63) is 42.1 Å². The predicted octanol–water partition coefficient (Wildman–Crippen LogP) is 1.79. The molecule has 0 spiro atoms. The Balaban J connectivity index is 1.36. The summed E-state index contributed by atoms with van der Waals surface area (Å²) in [5.74, 6) is 1.75. The van der Waals surface area contributed by atoms with Crippen LogP contribution in [-0.2, 0) is 6.54 Å². The van der Waals surface area contributed by atoms with Gasteiger partial charge in [-0.15, -0.1) is 5.10 Å². The highest BCUT2D eigenvalue weighted by Gasteiger charge is 2.21. The summed E-state index contributed by atoms with van der Waals surface area (Å²) in [5.41, 5.74) is 1.37. The SMILES string of the molecule is c1ccc(CN2CCN(c3nncc(N4CCCC4)n3)CC2)cc1. The van der Waals surface area contributed by atoms with Gasteiger partial charge in [-0.1, -0.05) is 30.3 Å². The van der Waals surface area contributed by atoms with E-state index < -0.39 is 0 Å². The number of nitrogens with zero attached hydrogens (tertiary/aromatic N) is 6. The Bertz CT molecular complexity index is 648. The van der Waals surface area contributed by atoms with Gasteiger partial charge < -0.3 is 9.80 Å². The highest BCUT2D eigenvalue weighted by Crippen LogP contribution is 2.19. The van der Waals surface area contributed by atoms with Gasteiger partial charge in [-0.2, -0.15) is 10.1 Å². The minimum absolute atomic E-state index is 0.777. The summed E-state index contributed by atoms with van der Waals surface area (Å²) >= 11 is 0. The van der Waals surface area contributed by atoms with Crippen LogP contribution in [0.15, 0.2) is 36.5 Å². The van der Waals surface area contributed by atoms with Crippen molar-refractivity contribution in [2.24, 2.45) is 0 Å². The average Bonchev–Trinajstić information content (AvgIpc) is 3.18. The third-order valence-electron chi connectivity index (χ3n) is 4.87. The molecule has 0 atom stereocenters. The number of hydrogen-bond acceptors (Lipinski definition) is 6. The van der Waals surface area contributed by atoms with E-state index in [-0.39, 0.29) is 0 Å².